The Morgan fingerprint density at radius 3 is 2.72 bits per heavy atom. The quantitative estimate of drug-likeness (QED) is 0.546. The Balaban J connectivity index is 1.65. The molecule has 0 N–H and O–H groups in total. The average Bonchev–Trinajstić information content (AvgIpc) is 3.27. The molecule has 0 bridgehead atoms. The molecule has 0 aliphatic carbocycles. The number of esters is 1. The summed E-state index contributed by atoms with van der Waals surface area (Å²) in [6.07, 6.45) is 4.65. The van der Waals surface area contributed by atoms with Crippen molar-refractivity contribution in [1.29, 1.82) is 0 Å². The smallest absolute Gasteiger partial charge is 0.310 e. The van der Waals surface area contributed by atoms with Gasteiger partial charge in [-0.3, -0.25) is 9.59 Å². The van der Waals surface area contributed by atoms with Crippen LogP contribution >= 0.6 is 0 Å². The number of aromatic nitrogens is 3. The molecule has 1 saturated heterocycles. The second kappa shape index (κ2) is 9.25. The zero-order valence-electron chi connectivity index (χ0n) is 18.4. The monoisotopic (exact) mass is 438 g/mol. The number of carbonyl (C=O) groups is 2. The Morgan fingerprint density at radius 2 is 1.97 bits per heavy atom. The third-order valence-corrected chi connectivity index (χ3v) is 5.64. The van der Waals surface area contributed by atoms with E-state index in [9.17, 15) is 9.59 Å². The van der Waals surface area contributed by atoms with Gasteiger partial charge >= 0.3 is 5.97 Å². The van der Waals surface area contributed by atoms with Crippen molar-refractivity contribution in [3.63, 3.8) is 0 Å². The summed E-state index contributed by atoms with van der Waals surface area (Å²) in [6.45, 7) is 3.04. The van der Waals surface area contributed by atoms with Gasteiger partial charge in [-0.2, -0.15) is 5.10 Å². The van der Waals surface area contributed by atoms with Crippen LogP contribution in [0.4, 0.5) is 0 Å². The fourth-order valence-electron chi connectivity index (χ4n) is 4.04. The highest BCUT2D eigenvalue weighted by molar-refractivity contribution is 6.00. The first-order chi connectivity index (χ1) is 15.6. The predicted molar refractivity (Wildman–Crippen MR) is 117 cm³/mol. The van der Waals surface area contributed by atoms with Crippen molar-refractivity contribution in [3.8, 4) is 22.8 Å². The Kier molecular flexibility index (Phi) is 6.25. The maximum Gasteiger partial charge on any atom is 0.310 e. The molecule has 4 rings (SSSR count). The number of rotatable bonds is 6. The number of likely N-dealkylation sites (tertiary alicyclic amines) is 1. The Hall–Kier alpha value is -3.62. The maximum absolute atomic E-state index is 13.3. The number of carbonyl (C=O) groups excluding carboxylic acids is 2. The first kappa shape index (κ1) is 21.6. The number of benzene rings is 1. The van der Waals surface area contributed by atoms with Crippen molar-refractivity contribution in [2.75, 3.05) is 33.9 Å². The van der Waals surface area contributed by atoms with Gasteiger partial charge in [-0.25, -0.2) is 9.50 Å². The van der Waals surface area contributed by atoms with Crippen LogP contribution in [0.15, 0.2) is 36.7 Å². The molecule has 1 fully saturated rings. The average molecular weight is 438 g/mol. The first-order valence-corrected chi connectivity index (χ1v) is 10.6. The van der Waals surface area contributed by atoms with E-state index in [0.29, 0.717) is 42.4 Å². The van der Waals surface area contributed by atoms with Crippen LogP contribution in [0.3, 0.4) is 0 Å². The first-order valence-electron chi connectivity index (χ1n) is 10.6. The number of amides is 1. The summed E-state index contributed by atoms with van der Waals surface area (Å²) in [4.78, 5) is 31.5. The topological polar surface area (TPSA) is 95.3 Å². The third-order valence-electron chi connectivity index (χ3n) is 5.64. The number of nitrogens with zero attached hydrogens (tertiary/aromatic N) is 4. The van der Waals surface area contributed by atoms with Gasteiger partial charge in [0.1, 0.15) is 5.56 Å². The van der Waals surface area contributed by atoms with Crippen molar-refractivity contribution < 1.29 is 23.8 Å². The summed E-state index contributed by atoms with van der Waals surface area (Å²) < 4.78 is 17.5. The lowest BCUT2D eigenvalue weighted by atomic mass is 9.97. The predicted octanol–water partition coefficient (Wildman–Crippen LogP) is 2.83. The fraction of sp³-hybridized carbons (Fsp3) is 0.391. The second-order valence-corrected chi connectivity index (χ2v) is 7.54. The normalized spacial score (nSPS) is 16.1. The van der Waals surface area contributed by atoms with Crippen LogP contribution in [0.5, 0.6) is 11.5 Å². The number of hydrogen-bond donors (Lipinski definition) is 0. The second-order valence-electron chi connectivity index (χ2n) is 7.54. The minimum absolute atomic E-state index is 0.189. The van der Waals surface area contributed by atoms with Crippen molar-refractivity contribution in [2.24, 2.45) is 5.92 Å². The highest BCUT2D eigenvalue weighted by Crippen LogP contribution is 2.32. The Labute approximate surface area is 185 Å². The molecule has 9 heteroatoms. The minimum Gasteiger partial charge on any atom is -0.493 e. The van der Waals surface area contributed by atoms with Crippen LogP contribution in [0.1, 0.15) is 30.1 Å². The van der Waals surface area contributed by atoms with Crippen LogP contribution < -0.4 is 9.47 Å². The molecule has 0 saturated carbocycles. The lowest BCUT2D eigenvalue weighted by Crippen LogP contribution is -2.42. The van der Waals surface area contributed by atoms with Gasteiger partial charge in [0.2, 0.25) is 0 Å². The van der Waals surface area contributed by atoms with Gasteiger partial charge in [0.05, 0.1) is 38.6 Å². The van der Waals surface area contributed by atoms with Gasteiger partial charge in [-0.05, 0) is 44.0 Å². The molecule has 0 spiro atoms. The van der Waals surface area contributed by atoms with Gasteiger partial charge < -0.3 is 19.1 Å². The van der Waals surface area contributed by atoms with Gasteiger partial charge in [0, 0.05) is 24.8 Å². The lowest BCUT2D eigenvalue weighted by molar-refractivity contribution is -0.149. The molecule has 1 aliphatic rings. The van der Waals surface area contributed by atoms with E-state index < -0.39 is 0 Å². The van der Waals surface area contributed by atoms with Crippen molar-refractivity contribution >= 4 is 17.5 Å². The summed E-state index contributed by atoms with van der Waals surface area (Å²) in [6, 6.07) is 7.39. The molecule has 168 valence electrons. The van der Waals surface area contributed by atoms with Crippen LogP contribution in [-0.2, 0) is 9.53 Å². The van der Waals surface area contributed by atoms with Crippen LogP contribution in [-0.4, -0.2) is 65.3 Å². The summed E-state index contributed by atoms with van der Waals surface area (Å²) in [7, 11) is 3.16. The van der Waals surface area contributed by atoms with E-state index in [2.05, 4.69) is 10.1 Å². The molecule has 3 heterocycles. The van der Waals surface area contributed by atoms with E-state index in [1.54, 1.807) is 36.8 Å². The van der Waals surface area contributed by atoms with Crippen molar-refractivity contribution in [2.45, 2.75) is 19.8 Å². The van der Waals surface area contributed by atoms with Crippen LogP contribution in [0.25, 0.3) is 16.9 Å². The summed E-state index contributed by atoms with van der Waals surface area (Å²) >= 11 is 0. The summed E-state index contributed by atoms with van der Waals surface area (Å²) in [5, 5.41) is 4.44. The largest absolute Gasteiger partial charge is 0.493 e. The highest BCUT2D eigenvalue weighted by atomic mass is 16.5. The molecule has 32 heavy (non-hydrogen) atoms. The number of methoxy groups -OCH3 is 2. The molecule has 1 amide bonds. The molecule has 9 nitrogen and oxygen atoms in total. The summed E-state index contributed by atoms with van der Waals surface area (Å²) in [5.74, 6) is 0.477. The summed E-state index contributed by atoms with van der Waals surface area (Å²) in [5.41, 5.74) is 2.47. The van der Waals surface area contributed by atoms with E-state index in [1.807, 2.05) is 24.3 Å². The van der Waals surface area contributed by atoms with E-state index in [0.717, 1.165) is 24.1 Å². The van der Waals surface area contributed by atoms with Crippen LogP contribution in [0.2, 0.25) is 0 Å². The zero-order valence-corrected chi connectivity index (χ0v) is 18.4. The van der Waals surface area contributed by atoms with Crippen LogP contribution in [0, 0.1) is 5.92 Å². The zero-order chi connectivity index (χ0) is 22.7. The molecule has 0 radical (unpaired) electrons. The van der Waals surface area contributed by atoms with Gasteiger partial charge in [-0.15, -0.1) is 0 Å². The van der Waals surface area contributed by atoms with Gasteiger partial charge in [0.25, 0.3) is 5.91 Å². The van der Waals surface area contributed by atoms with Crippen molar-refractivity contribution in [1.82, 2.24) is 19.5 Å². The minimum atomic E-state index is -0.301. The molecule has 1 aromatic carbocycles. The van der Waals surface area contributed by atoms with Gasteiger partial charge in [0.15, 0.2) is 17.1 Å². The molecule has 1 aliphatic heterocycles. The molecule has 1 unspecified atom stereocenters. The number of piperidine rings is 1. The number of fused-ring (bicyclic) bond motifs is 1. The fourth-order valence-corrected chi connectivity index (χ4v) is 4.04. The van der Waals surface area contributed by atoms with E-state index >= 15 is 0 Å². The Morgan fingerprint density at radius 1 is 1.16 bits per heavy atom. The molecular weight excluding hydrogens is 412 g/mol. The molecular formula is C23H26N4O5. The van der Waals surface area contributed by atoms with E-state index in [4.69, 9.17) is 14.2 Å². The van der Waals surface area contributed by atoms with Crippen molar-refractivity contribution in [3.05, 3.63) is 42.2 Å². The maximum atomic E-state index is 13.3. The highest BCUT2D eigenvalue weighted by Gasteiger charge is 2.31. The number of ether oxygens (including phenoxy) is 3. The third kappa shape index (κ3) is 3.98. The molecule has 2 aromatic heterocycles. The standard InChI is InChI=1S/C23H26N4O5/c1-4-32-23(29)16-6-5-11-26(14-16)22(28)17-13-25-27-18(9-10-24-21(17)27)15-7-8-19(30-2)20(12-15)31-3/h7-10,12-13,16H,4-6,11,14H2,1-3H3. The SMILES string of the molecule is CCOC(=O)C1CCCN(C(=O)c2cnn3c(-c4ccc(OC)c(OC)c4)ccnc23)C1. The molecule has 1 atom stereocenters. The Bertz CT molecular complexity index is 1140. The van der Waals surface area contributed by atoms with E-state index in [1.165, 1.54) is 6.20 Å². The lowest BCUT2D eigenvalue weighted by Gasteiger charge is -2.31. The van der Waals surface area contributed by atoms with E-state index in [-0.39, 0.29) is 17.8 Å². The van der Waals surface area contributed by atoms with Gasteiger partial charge in [-0.1, -0.05) is 0 Å². The molecule has 3 aromatic rings. The number of hydrogen-bond acceptors (Lipinski definition) is 7.